The average molecular weight is 223 g/mol. The van der Waals surface area contributed by atoms with Crippen LogP contribution in [0, 0.1) is 13.8 Å². The largest absolute Gasteiger partial charge is 0.379 e. The molecule has 4 heteroatoms. The van der Waals surface area contributed by atoms with Gasteiger partial charge in [-0.25, -0.2) is 0 Å². The Morgan fingerprint density at radius 1 is 1.50 bits per heavy atom. The first-order chi connectivity index (χ1) is 7.65. The second kappa shape index (κ2) is 4.55. The summed E-state index contributed by atoms with van der Waals surface area (Å²) >= 11 is 0. The summed E-state index contributed by atoms with van der Waals surface area (Å²) in [6.45, 7) is 8.08. The molecule has 1 saturated heterocycles. The summed E-state index contributed by atoms with van der Waals surface area (Å²) in [5, 5.41) is 7.94. The molecule has 16 heavy (non-hydrogen) atoms. The van der Waals surface area contributed by atoms with Gasteiger partial charge in [0.2, 0.25) is 0 Å². The standard InChI is InChI=1S/C12H21N3O/c1-8(13-4)12-9(2)14-15(10(12)3)11-5-6-16-7-11/h8,11,13H,5-7H2,1-4H3. The highest BCUT2D eigenvalue weighted by Gasteiger charge is 2.24. The molecule has 0 aliphatic carbocycles. The average Bonchev–Trinajstić information content (AvgIpc) is 2.86. The van der Waals surface area contributed by atoms with Crippen molar-refractivity contribution in [3.63, 3.8) is 0 Å². The molecule has 0 bridgehead atoms. The van der Waals surface area contributed by atoms with Crippen LogP contribution in [0.1, 0.15) is 42.4 Å². The zero-order valence-corrected chi connectivity index (χ0v) is 10.6. The Morgan fingerprint density at radius 2 is 2.25 bits per heavy atom. The summed E-state index contributed by atoms with van der Waals surface area (Å²) in [4.78, 5) is 0. The van der Waals surface area contributed by atoms with Gasteiger partial charge in [-0.05, 0) is 34.2 Å². The molecule has 2 heterocycles. The van der Waals surface area contributed by atoms with Crippen molar-refractivity contribution in [2.45, 2.75) is 39.3 Å². The molecule has 2 atom stereocenters. The van der Waals surface area contributed by atoms with E-state index in [-0.39, 0.29) is 0 Å². The summed E-state index contributed by atoms with van der Waals surface area (Å²) in [5.74, 6) is 0. The van der Waals surface area contributed by atoms with Crippen molar-refractivity contribution in [3.05, 3.63) is 17.0 Å². The zero-order chi connectivity index (χ0) is 11.7. The van der Waals surface area contributed by atoms with Crippen LogP contribution in [0.5, 0.6) is 0 Å². The lowest BCUT2D eigenvalue weighted by atomic mass is 10.1. The first kappa shape index (κ1) is 11.6. The fourth-order valence-corrected chi connectivity index (χ4v) is 2.52. The molecule has 1 fully saturated rings. The lowest BCUT2D eigenvalue weighted by molar-refractivity contribution is 0.184. The Kier molecular flexibility index (Phi) is 3.30. The van der Waals surface area contributed by atoms with Gasteiger partial charge in [0, 0.05) is 23.9 Å². The van der Waals surface area contributed by atoms with E-state index in [0.717, 1.165) is 25.3 Å². The van der Waals surface area contributed by atoms with E-state index in [1.807, 2.05) is 7.05 Å². The summed E-state index contributed by atoms with van der Waals surface area (Å²) in [6, 6.07) is 0.785. The first-order valence-corrected chi connectivity index (χ1v) is 5.95. The number of nitrogens with one attached hydrogen (secondary N) is 1. The van der Waals surface area contributed by atoms with E-state index >= 15 is 0 Å². The second-order valence-electron chi connectivity index (χ2n) is 4.56. The van der Waals surface area contributed by atoms with E-state index in [1.165, 1.54) is 11.3 Å². The van der Waals surface area contributed by atoms with Crippen LogP contribution >= 0.6 is 0 Å². The molecule has 1 aromatic heterocycles. The van der Waals surface area contributed by atoms with Gasteiger partial charge in [0.05, 0.1) is 18.3 Å². The number of hydrogen-bond acceptors (Lipinski definition) is 3. The number of hydrogen-bond donors (Lipinski definition) is 1. The molecule has 0 spiro atoms. The molecule has 1 aliphatic rings. The Labute approximate surface area is 97.0 Å². The Hall–Kier alpha value is -0.870. The van der Waals surface area contributed by atoms with Gasteiger partial charge in [-0.1, -0.05) is 0 Å². The van der Waals surface area contributed by atoms with Crippen molar-refractivity contribution < 1.29 is 4.74 Å². The van der Waals surface area contributed by atoms with Crippen LogP contribution < -0.4 is 5.32 Å². The van der Waals surface area contributed by atoms with E-state index < -0.39 is 0 Å². The highest BCUT2D eigenvalue weighted by molar-refractivity contribution is 5.28. The van der Waals surface area contributed by atoms with E-state index in [9.17, 15) is 0 Å². The maximum Gasteiger partial charge on any atom is 0.0777 e. The monoisotopic (exact) mass is 223 g/mol. The van der Waals surface area contributed by atoms with Crippen molar-refractivity contribution >= 4 is 0 Å². The van der Waals surface area contributed by atoms with Gasteiger partial charge < -0.3 is 10.1 Å². The normalized spacial score (nSPS) is 22.6. The van der Waals surface area contributed by atoms with Crippen molar-refractivity contribution in [2.24, 2.45) is 0 Å². The quantitative estimate of drug-likeness (QED) is 0.848. The van der Waals surface area contributed by atoms with Crippen LogP contribution in [-0.4, -0.2) is 30.0 Å². The lowest BCUT2D eigenvalue weighted by Crippen LogP contribution is -2.15. The van der Waals surface area contributed by atoms with Gasteiger partial charge in [0.1, 0.15) is 0 Å². The Balaban J connectivity index is 2.33. The molecule has 0 saturated carbocycles. The molecule has 0 radical (unpaired) electrons. The van der Waals surface area contributed by atoms with Crippen molar-refractivity contribution in [1.82, 2.24) is 15.1 Å². The fourth-order valence-electron chi connectivity index (χ4n) is 2.52. The molecule has 0 amide bonds. The summed E-state index contributed by atoms with van der Waals surface area (Å²) in [7, 11) is 1.99. The van der Waals surface area contributed by atoms with Crippen LogP contribution in [0.4, 0.5) is 0 Å². The van der Waals surface area contributed by atoms with Gasteiger partial charge in [-0.2, -0.15) is 5.10 Å². The number of rotatable bonds is 3. The molecular formula is C12H21N3O. The Morgan fingerprint density at radius 3 is 2.81 bits per heavy atom. The third-order valence-corrected chi connectivity index (χ3v) is 3.50. The van der Waals surface area contributed by atoms with Crippen LogP contribution in [-0.2, 0) is 4.74 Å². The SMILES string of the molecule is CNC(C)c1c(C)nn(C2CCOC2)c1C. The van der Waals surface area contributed by atoms with E-state index in [2.05, 4.69) is 35.9 Å². The van der Waals surface area contributed by atoms with Crippen molar-refractivity contribution in [1.29, 1.82) is 0 Å². The Bertz CT molecular complexity index is 367. The zero-order valence-electron chi connectivity index (χ0n) is 10.6. The van der Waals surface area contributed by atoms with E-state index in [1.54, 1.807) is 0 Å². The maximum atomic E-state index is 5.43. The number of aryl methyl sites for hydroxylation is 1. The maximum absolute atomic E-state index is 5.43. The van der Waals surface area contributed by atoms with Crippen LogP contribution in [0.15, 0.2) is 0 Å². The summed E-state index contributed by atoms with van der Waals surface area (Å²) in [5.41, 5.74) is 3.73. The predicted octanol–water partition coefficient (Wildman–Crippen LogP) is 1.74. The van der Waals surface area contributed by atoms with Gasteiger partial charge in [-0.15, -0.1) is 0 Å². The molecule has 4 nitrogen and oxygen atoms in total. The van der Waals surface area contributed by atoms with E-state index in [0.29, 0.717) is 12.1 Å². The fraction of sp³-hybridized carbons (Fsp3) is 0.750. The minimum absolute atomic E-state index is 0.357. The topological polar surface area (TPSA) is 39.1 Å². The highest BCUT2D eigenvalue weighted by Crippen LogP contribution is 2.26. The van der Waals surface area contributed by atoms with Crippen molar-refractivity contribution in [2.75, 3.05) is 20.3 Å². The van der Waals surface area contributed by atoms with Crippen LogP contribution in [0.25, 0.3) is 0 Å². The summed E-state index contributed by atoms with van der Waals surface area (Å²) < 4.78 is 7.57. The van der Waals surface area contributed by atoms with Gasteiger partial charge in [-0.3, -0.25) is 4.68 Å². The minimum atomic E-state index is 0.357. The molecule has 90 valence electrons. The second-order valence-corrected chi connectivity index (χ2v) is 4.56. The molecule has 1 N–H and O–H groups in total. The number of nitrogens with zero attached hydrogens (tertiary/aromatic N) is 2. The molecule has 0 aromatic carbocycles. The number of aromatic nitrogens is 2. The molecule has 2 rings (SSSR count). The van der Waals surface area contributed by atoms with Gasteiger partial charge in [0.15, 0.2) is 0 Å². The lowest BCUT2D eigenvalue weighted by Gasteiger charge is -2.13. The third-order valence-electron chi connectivity index (χ3n) is 3.50. The highest BCUT2D eigenvalue weighted by atomic mass is 16.5. The van der Waals surface area contributed by atoms with Crippen LogP contribution in [0.2, 0.25) is 0 Å². The van der Waals surface area contributed by atoms with Gasteiger partial charge in [0.25, 0.3) is 0 Å². The van der Waals surface area contributed by atoms with Crippen LogP contribution in [0.3, 0.4) is 0 Å². The smallest absolute Gasteiger partial charge is 0.0777 e. The van der Waals surface area contributed by atoms with Crippen molar-refractivity contribution in [3.8, 4) is 0 Å². The summed E-state index contributed by atoms with van der Waals surface area (Å²) in [6.07, 6.45) is 1.08. The number of ether oxygens (including phenoxy) is 1. The molecule has 1 aromatic rings. The van der Waals surface area contributed by atoms with Gasteiger partial charge >= 0.3 is 0 Å². The predicted molar refractivity (Wildman–Crippen MR) is 63.6 cm³/mol. The first-order valence-electron chi connectivity index (χ1n) is 5.95. The van der Waals surface area contributed by atoms with E-state index in [4.69, 9.17) is 4.74 Å². The molecule has 1 aliphatic heterocycles. The minimum Gasteiger partial charge on any atom is -0.379 e. The molecule has 2 unspecified atom stereocenters. The third kappa shape index (κ3) is 1.87. The molecular weight excluding hydrogens is 202 g/mol.